The van der Waals surface area contributed by atoms with E-state index in [4.69, 9.17) is 22.4 Å². The van der Waals surface area contributed by atoms with Crippen LogP contribution in [0.4, 0.5) is 11.4 Å². The fraction of sp³-hybridized carbons (Fsp3) is 0.286. The summed E-state index contributed by atoms with van der Waals surface area (Å²) in [6.07, 6.45) is 0. The van der Waals surface area contributed by atoms with Crippen LogP contribution >= 0.6 is 11.6 Å². The van der Waals surface area contributed by atoms with E-state index in [1.807, 2.05) is 13.0 Å². The number of aliphatic carboxylic acids is 1. The number of anilines is 2. The number of rotatable bonds is 5. The molecule has 0 saturated carbocycles. The monoisotopic (exact) mass is 308 g/mol. The van der Waals surface area contributed by atoms with Crippen molar-refractivity contribution in [1.82, 2.24) is 9.78 Å². The maximum Gasteiger partial charge on any atom is 0.323 e. The van der Waals surface area contributed by atoms with E-state index in [1.54, 1.807) is 34.8 Å². The molecule has 0 aliphatic rings. The molecule has 0 amide bonds. The standard InChI is InChI=1S/C14H17ClN4O2/c1-9-14(15)12(18(2)17-9)7-19(8-13(20)21)11-6-4-3-5-10(11)16/h3-6H,7-8,16H2,1-2H3,(H,20,21). The van der Waals surface area contributed by atoms with Crippen molar-refractivity contribution in [2.45, 2.75) is 13.5 Å². The van der Waals surface area contributed by atoms with E-state index in [1.165, 1.54) is 0 Å². The SMILES string of the molecule is Cc1nn(C)c(CN(CC(=O)O)c2ccccc2N)c1Cl. The number of para-hydroxylation sites is 2. The lowest BCUT2D eigenvalue weighted by Gasteiger charge is -2.24. The van der Waals surface area contributed by atoms with E-state index in [9.17, 15) is 4.79 Å². The predicted octanol–water partition coefficient (Wildman–Crippen LogP) is 2.06. The van der Waals surface area contributed by atoms with Crippen molar-refractivity contribution < 1.29 is 9.90 Å². The second kappa shape index (κ2) is 6.05. The molecule has 1 aromatic carbocycles. The van der Waals surface area contributed by atoms with Gasteiger partial charge in [0.2, 0.25) is 0 Å². The fourth-order valence-corrected chi connectivity index (χ4v) is 2.42. The Morgan fingerprint density at radius 2 is 2.14 bits per heavy atom. The van der Waals surface area contributed by atoms with Crippen LogP contribution in [0.15, 0.2) is 24.3 Å². The van der Waals surface area contributed by atoms with Crippen LogP contribution < -0.4 is 10.6 Å². The third-order valence-corrected chi connectivity index (χ3v) is 3.70. The summed E-state index contributed by atoms with van der Waals surface area (Å²) in [6.45, 7) is 1.95. The number of aryl methyl sites for hydroxylation is 2. The Balaban J connectivity index is 2.38. The Morgan fingerprint density at radius 1 is 1.48 bits per heavy atom. The minimum atomic E-state index is -0.937. The lowest BCUT2D eigenvalue weighted by molar-refractivity contribution is -0.135. The molecule has 0 aliphatic heterocycles. The highest BCUT2D eigenvalue weighted by Gasteiger charge is 2.19. The van der Waals surface area contributed by atoms with Crippen LogP contribution in [0, 0.1) is 6.92 Å². The molecular weight excluding hydrogens is 292 g/mol. The molecule has 3 N–H and O–H groups in total. The van der Waals surface area contributed by atoms with Crippen LogP contribution in [0.1, 0.15) is 11.4 Å². The number of benzene rings is 1. The van der Waals surface area contributed by atoms with Crippen LogP contribution in [-0.2, 0) is 18.4 Å². The highest BCUT2D eigenvalue weighted by Crippen LogP contribution is 2.27. The van der Waals surface area contributed by atoms with Gasteiger partial charge in [0.15, 0.2) is 0 Å². The summed E-state index contributed by atoms with van der Waals surface area (Å²) in [6, 6.07) is 7.14. The van der Waals surface area contributed by atoms with Gasteiger partial charge in [0.25, 0.3) is 0 Å². The van der Waals surface area contributed by atoms with Crippen LogP contribution in [0.3, 0.4) is 0 Å². The lowest BCUT2D eigenvalue weighted by atomic mass is 10.2. The van der Waals surface area contributed by atoms with E-state index in [-0.39, 0.29) is 6.54 Å². The van der Waals surface area contributed by atoms with Gasteiger partial charge in [-0.2, -0.15) is 5.10 Å². The molecular formula is C14H17ClN4O2. The summed E-state index contributed by atoms with van der Waals surface area (Å²) in [7, 11) is 1.78. The topological polar surface area (TPSA) is 84.4 Å². The second-order valence-corrected chi connectivity index (χ2v) is 5.16. The van der Waals surface area contributed by atoms with Crippen molar-refractivity contribution in [2.75, 3.05) is 17.2 Å². The number of halogens is 1. The first-order valence-corrected chi connectivity index (χ1v) is 6.77. The molecule has 0 atom stereocenters. The summed E-state index contributed by atoms with van der Waals surface area (Å²) >= 11 is 6.23. The Bertz CT molecular complexity index is 669. The zero-order valence-electron chi connectivity index (χ0n) is 11.9. The van der Waals surface area contributed by atoms with Crippen LogP contribution in [-0.4, -0.2) is 27.4 Å². The average Bonchev–Trinajstić information content (AvgIpc) is 2.64. The highest BCUT2D eigenvalue weighted by molar-refractivity contribution is 6.31. The number of nitrogens with two attached hydrogens (primary N) is 1. The molecule has 0 radical (unpaired) electrons. The summed E-state index contributed by atoms with van der Waals surface area (Å²) < 4.78 is 1.66. The minimum Gasteiger partial charge on any atom is -0.480 e. The molecule has 0 fully saturated rings. The van der Waals surface area contributed by atoms with Gasteiger partial charge < -0.3 is 15.7 Å². The Morgan fingerprint density at radius 3 is 2.67 bits per heavy atom. The summed E-state index contributed by atoms with van der Waals surface area (Å²) in [5.41, 5.74) is 8.59. The molecule has 2 rings (SSSR count). The number of hydrogen-bond donors (Lipinski definition) is 2. The molecule has 0 unspecified atom stereocenters. The first-order chi connectivity index (χ1) is 9.90. The van der Waals surface area contributed by atoms with Gasteiger partial charge in [-0.15, -0.1) is 0 Å². The summed E-state index contributed by atoms with van der Waals surface area (Å²) in [4.78, 5) is 12.8. The molecule has 0 aliphatic carbocycles. The number of carboxylic acid groups (broad SMARTS) is 1. The normalized spacial score (nSPS) is 10.6. The molecule has 21 heavy (non-hydrogen) atoms. The van der Waals surface area contributed by atoms with Crippen LogP contribution in [0.2, 0.25) is 5.02 Å². The van der Waals surface area contributed by atoms with E-state index in [2.05, 4.69) is 5.10 Å². The van der Waals surface area contributed by atoms with Gasteiger partial charge in [0, 0.05) is 7.05 Å². The lowest BCUT2D eigenvalue weighted by Crippen LogP contribution is -2.30. The van der Waals surface area contributed by atoms with Crippen molar-refractivity contribution in [3.8, 4) is 0 Å². The number of carboxylic acids is 1. The first kappa shape index (κ1) is 15.2. The second-order valence-electron chi connectivity index (χ2n) is 4.78. The Hall–Kier alpha value is -2.21. The van der Waals surface area contributed by atoms with Crippen molar-refractivity contribution in [3.63, 3.8) is 0 Å². The summed E-state index contributed by atoms with van der Waals surface area (Å²) in [5, 5.41) is 13.9. The zero-order chi connectivity index (χ0) is 15.6. The minimum absolute atomic E-state index is 0.172. The van der Waals surface area contributed by atoms with E-state index in [0.29, 0.717) is 28.6 Å². The maximum absolute atomic E-state index is 11.1. The quantitative estimate of drug-likeness (QED) is 0.826. The molecule has 1 aromatic heterocycles. The number of nitrogens with zero attached hydrogens (tertiary/aromatic N) is 3. The summed E-state index contributed by atoms with van der Waals surface area (Å²) in [5.74, 6) is -0.937. The van der Waals surface area contributed by atoms with Crippen LogP contribution in [0.25, 0.3) is 0 Å². The Kier molecular flexibility index (Phi) is 4.37. The first-order valence-electron chi connectivity index (χ1n) is 6.39. The number of carbonyl (C=O) groups is 1. The van der Waals surface area contributed by atoms with E-state index < -0.39 is 5.97 Å². The maximum atomic E-state index is 11.1. The number of aromatic nitrogens is 2. The van der Waals surface area contributed by atoms with Gasteiger partial charge in [-0.3, -0.25) is 9.48 Å². The van der Waals surface area contributed by atoms with Crippen molar-refractivity contribution in [3.05, 3.63) is 40.7 Å². The Labute approximate surface area is 127 Å². The average molecular weight is 309 g/mol. The highest BCUT2D eigenvalue weighted by atomic mass is 35.5. The van der Waals surface area contributed by atoms with Crippen molar-refractivity contribution >= 4 is 28.9 Å². The van der Waals surface area contributed by atoms with Gasteiger partial charge in [-0.25, -0.2) is 0 Å². The van der Waals surface area contributed by atoms with Gasteiger partial charge in [-0.1, -0.05) is 23.7 Å². The number of nitrogen functional groups attached to an aromatic ring is 1. The van der Waals surface area contributed by atoms with E-state index in [0.717, 1.165) is 5.69 Å². The molecule has 6 nitrogen and oxygen atoms in total. The molecule has 0 bridgehead atoms. The van der Waals surface area contributed by atoms with Gasteiger partial charge in [-0.05, 0) is 19.1 Å². The van der Waals surface area contributed by atoms with E-state index >= 15 is 0 Å². The molecule has 1 heterocycles. The molecule has 2 aromatic rings. The largest absolute Gasteiger partial charge is 0.480 e. The molecule has 7 heteroatoms. The predicted molar refractivity (Wildman–Crippen MR) is 82.5 cm³/mol. The fourth-order valence-electron chi connectivity index (χ4n) is 2.20. The van der Waals surface area contributed by atoms with Crippen molar-refractivity contribution in [1.29, 1.82) is 0 Å². The molecule has 0 saturated heterocycles. The third kappa shape index (κ3) is 3.28. The third-order valence-electron chi connectivity index (χ3n) is 3.21. The van der Waals surface area contributed by atoms with Gasteiger partial charge in [0.1, 0.15) is 6.54 Å². The number of hydrogen-bond acceptors (Lipinski definition) is 4. The molecule has 112 valence electrons. The van der Waals surface area contributed by atoms with Gasteiger partial charge >= 0.3 is 5.97 Å². The van der Waals surface area contributed by atoms with Gasteiger partial charge in [0.05, 0.1) is 34.3 Å². The molecule has 0 spiro atoms. The zero-order valence-corrected chi connectivity index (χ0v) is 12.6. The smallest absolute Gasteiger partial charge is 0.323 e. The van der Waals surface area contributed by atoms with Crippen LogP contribution in [0.5, 0.6) is 0 Å². The van der Waals surface area contributed by atoms with Crippen molar-refractivity contribution in [2.24, 2.45) is 7.05 Å².